The highest BCUT2D eigenvalue weighted by Crippen LogP contribution is 2.27. The Balaban J connectivity index is 2.98. The number of benzene rings is 1. The Kier molecular flexibility index (Phi) is 4.79. The fourth-order valence-corrected chi connectivity index (χ4v) is 1.45. The first-order valence-corrected chi connectivity index (χ1v) is 5.96. The third-order valence-corrected chi connectivity index (χ3v) is 2.78. The second kappa shape index (κ2) is 5.91. The molecule has 1 atom stereocenters. The highest BCUT2D eigenvalue weighted by Gasteiger charge is 2.19. The van der Waals surface area contributed by atoms with Gasteiger partial charge in [0.15, 0.2) is 0 Å². The van der Waals surface area contributed by atoms with E-state index in [1.165, 1.54) is 0 Å². The van der Waals surface area contributed by atoms with Crippen molar-refractivity contribution >= 4 is 6.08 Å². The molecule has 0 bridgehead atoms. The Morgan fingerprint density at radius 3 is 2.33 bits per heavy atom. The quantitative estimate of drug-likeness (QED) is 0.892. The van der Waals surface area contributed by atoms with E-state index >= 15 is 0 Å². The molecule has 0 saturated heterocycles. The molecule has 1 rings (SSSR count). The van der Waals surface area contributed by atoms with Gasteiger partial charge in [-0.2, -0.15) is 0 Å². The Morgan fingerprint density at radius 2 is 1.83 bits per heavy atom. The molecule has 0 amide bonds. The maximum atomic E-state index is 9.98. The molecule has 1 unspecified atom stereocenters. The molecular formula is C15H22O3. The number of hydrogen-bond donors (Lipinski definition) is 1. The summed E-state index contributed by atoms with van der Waals surface area (Å²) in [7, 11) is 3.25. The Bertz CT molecular complexity index is 416. The molecule has 1 aromatic carbocycles. The van der Waals surface area contributed by atoms with E-state index in [-0.39, 0.29) is 5.41 Å². The standard InChI is InChI=1S/C15H22O3/c1-15(2,3)14(16)9-6-11-10-12(17-4)7-8-13(11)18-5/h6-10,14,16H,1-5H3/b9-6+. The summed E-state index contributed by atoms with van der Waals surface area (Å²) in [5.74, 6) is 1.52. The Labute approximate surface area is 109 Å². The van der Waals surface area contributed by atoms with Crippen LogP contribution in [0.2, 0.25) is 0 Å². The van der Waals surface area contributed by atoms with Gasteiger partial charge in [0.1, 0.15) is 11.5 Å². The van der Waals surface area contributed by atoms with Gasteiger partial charge in [0.05, 0.1) is 20.3 Å². The first kappa shape index (κ1) is 14.6. The van der Waals surface area contributed by atoms with Crippen LogP contribution in [0.4, 0.5) is 0 Å². The summed E-state index contributed by atoms with van der Waals surface area (Å²) >= 11 is 0. The normalized spacial score (nSPS) is 13.7. The van der Waals surface area contributed by atoms with Crippen molar-refractivity contribution in [2.75, 3.05) is 14.2 Å². The third kappa shape index (κ3) is 3.77. The summed E-state index contributed by atoms with van der Waals surface area (Å²) in [5, 5.41) is 9.98. The van der Waals surface area contributed by atoms with Crippen LogP contribution in [0.25, 0.3) is 6.08 Å². The third-order valence-electron chi connectivity index (χ3n) is 2.78. The number of aliphatic hydroxyl groups excluding tert-OH is 1. The lowest BCUT2D eigenvalue weighted by molar-refractivity contribution is 0.106. The van der Waals surface area contributed by atoms with Crippen LogP contribution in [0.3, 0.4) is 0 Å². The van der Waals surface area contributed by atoms with Crippen LogP contribution in [0.1, 0.15) is 26.3 Å². The molecule has 0 heterocycles. The van der Waals surface area contributed by atoms with Crippen LogP contribution in [-0.2, 0) is 0 Å². The zero-order valence-corrected chi connectivity index (χ0v) is 11.7. The minimum Gasteiger partial charge on any atom is -0.497 e. The van der Waals surface area contributed by atoms with Crippen LogP contribution < -0.4 is 9.47 Å². The molecule has 0 saturated carbocycles. The van der Waals surface area contributed by atoms with Crippen molar-refractivity contribution in [1.82, 2.24) is 0 Å². The number of hydrogen-bond acceptors (Lipinski definition) is 3. The lowest BCUT2D eigenvalue weighted by Crippen LogP contribution is -2.23. The van der Waals surface area contributed by atoms with Gasteiger partial charge in [0.2, 0.25) is 0 Å². The first-order chi connectivity index (χ1) is 8.38. The van der Waals surface area contributed by atoms with Gasteiger partial charge in [-0.05, 0) is 23.6 Å². The molecular weight excluding hydrogens is 228 g/mol. The second-order valence-corrected chi connectivity index (χ2v) is 5.28. The van der Waals surface area contributed by atoms with E-state index < -0.39 is 6.10 Å². The van der Waals surface area contributed by atoms with Gasteiger partial charge in [-0.25, -0.2) is 0 Å². The predicted octanol–water partition coefficient (Wildman–Crippen LogP) is 3.12. The lowest BCUT2D eigenvalue weighted by Gasteiger charge is -2.22. The number of aliphatic hydroxyl groups is 1. The molecule has 1 aromatic rings. The molecule has 3 heteroatoms. The van der Waals surface area contributed by atoms with E-state index in [0.29, 0.717) is 0 Å². The first-order valence-electron chi connectivity index (χ1n) is 5.96. The SMILES string of the molecule is COc1ccc(OC)c(/C=C/C(O)C(C)(C)C)c1. The van der Waals surface area contributed by atoms with E-state index in [0.717, 1.165) is 17.1 Å². The predicted molar refractivity (Wildman–Crippen MR) is 74.0 cm³/mol. The molecule has 1 N–H and O–H groups in total. The van der Waals surface area contributed by atoms with E-state index in [4.69, 9.17) is 9.47 Å². The number of rotatable bonds is 4. The monoisotopic (exact) mass is 250 g/mol. The molecule has 0 aliphatic carbocycles. The van der Waals surface area contributed by atoms with Gasteiger partial charge >= 0.3 is 0 Å². The Morgan fingerprint density at radius 1 is 1.17 bits per heavy atom. The van der Waals surface area contributed by atoms with E-state index in [1.807, 2.05) is 45.0 Å². The van der Waals surface area contributed by atoms with Gasteiger partial charge in [0.25, 0.3) is 0 Å². The molecule has 0 aliphatic rings. The minimum absolute atomic E-state index is 0.178. The summed E-state index contributed by atoms with van der Waals surface area (Å²) in [6, 6.07) is 5.57. The summed E-state index contributed by atoms with van der Waals surface area (Å²) < 4.78 is 10.5. The summed E-state index contributed by atoms with van der Waals surface area (Å²) in [5.41, 5.74) is 0.711. The van der Waals surface area contributed by atoms with Crippen molar-refractivity contribution in [3.8, 4) is 11.5 Å². The van der Waals surface area contributed by atoms with Gasteiger partial charge in [-0.15, -0.1) is 0 Å². The fourth-order valence-electron chi connectivity index (χ4n) is 1.45. The molecule has 0 radical (unpaired) electrons. The second-order valence-electron chi connectivity index (χ2n) is 5.28. The maximum absolute atomic E-state index is 9.98. The highest BCUT2D eigenvalue weighted by molar-refractivity contribution is 5.60. The molecule has 0 aromatic heterocycles. The number of methoxy groups -OCH3 is 2. The van der Waals surface area contributed by atoms with Crippen LogP contribution in [0, 0.1) is 5.41 Å². The summed E-state index contributed by atoms with van der Waals surface area (Å²) in [4.78, 5) is 0. The van der Waals surface area contributed by atoms with Crippen molar-refractivity contribution in [3.05, 3.63) is 29.8 Å². The van der Waals surface area contributed by atoms with Crippen molar-refractivity contribution < 1.29 is 14.6 Å². The fraction of sp³-hybridized carbons (Fsp3) is 0.467. The van der Waals surface area contributed by atoms with E-state index in [1.54, 1.807) is 20.3 Å². The average Bonchev–Trinajstić information content (AvgIpc) is 2.34. The molecule has 0 aliphatic heterocycles. The van der Waals surface area contributed by atoms with Crippen LogP contribution >= 0.6 is 0 Å². The van der Waals surface area contributed by atoms with Gasteiger partial charge < -0.3 is 14.6 Å². The van der Waals surface area contributed by atoms with Crippen molar-refractivity contribution in [2.45, 2.75) is 26.9 Å². The van der Waals surface area contributed by atoms with Crippen LogP contribution in [0.15, 0.2) is 24.3 Å². The van der Waals surface area contributed by atoms with Crippen molar-refractivity contribution in [3.63, 3.8) is 0 Å². The Hall–Kier alpha value is -1.48. The minimum atomic E-state index is -0.506. The van der Waals surface area contributed by atoms with Gasteiger partial charge in [-0.3, -0.25) is 0 Å². The van der Waals surface area contributed by atoms with Crippen LogP contribution in [0.5, 0.6) is 11.5 Å². The van der Waals surface area contributed by atoms with Crippen molar-refractivity contribution in [2.24, 2.45) is 5.41 Å². The number of ether oxygens (including phenoxy) is 2. The molecule has 3 nitrogen and oxygen atoms in total. The molecule has 0 spiro atoms. The van der Waals surface area contributed by atoms with E-state index in [9.17, 15) is 5.11 Å². The topological polar surface area (TPSA) is 38.7 Å². The highest BCUT2D eigenvalue weighted by atomic mass is 16.5. The lowest BCUT2D eigenvalue weighted by atomic mass is 9.88. The van der Waals surface area contributed by atoms with E-state index in [2.05, 4.69) is 0 Å². The largest absolute Gasteiger partial charge is 0.497 e. The maximum Gasteiger partial charge on any atom is 0.126 e. The summed E-state index contributed by atoms with van der Waals surface area (Å²) in [6.07, 6.45) is 3.13. The summed E-state index contributed by atoms with van der Waals surface area (Å²) in [6.45, 7) is 5.97. The van der Waals surface area contributed by atoms with Crippen molar-refractivity contribution in [1.29, 1.82) is 0 Å². The van der Waals surface area contributed by atoms with Gasteiger partial charge in [0, 0.05) is 5.56 Å². The molecule has 18 heavy (non-hydrogen) atoms. The van der Waals surface area contributed by atoms with Gasteiger partial charge in [-0.1, -0.05) is 32.9 Å². The zero-order valence-electron chi connectivity index (χ0n) is 11.7. The average molecular weight is 250 g/mol. The zero-order chi connectivity index (χ0) is 13.8. The molecule has 100 valence electrons. The van der Waals surface area contributed by atoms with Crippen LogP contribution in [-0.4, -0.2) is 25.4 Å². The molecule has 0 fully saturated rings. The smallest absolute Gasteiger partial charge is 0.126 e.